The van der Waals surface area contributed by atoms with Crippen LogP contribution in [-0.4, -0.2) is 26.9 Å². The van der Waals surface area contributed by atoms with Gasteiger partial charge in [0, 0.05) is 7.11 Å². The lowest BCUT2D eigenvalue weighted by molar-refractivity contribution is 0.143. The third-order valence-corrected chi connectivity index (χ3v) is 1.79. The van der Waals surface area contributed by atoms with Gasteiger partial charge in [-0.25, -0.2) is 0 Å². The molecule has 0 aliphatic rings. The van der Waals surface area contributed by atoms with Gasteiger partial charge in [0.1, 0.15) is 6.61 Å². The second-order valence-corrected chi connectivity index (χ2v) is 3.06. The van der Waals surface area contributed by atoms with E-state index in [4.69, 9.17) is 14.2 Å². The van der Waals surface area contributed by atoms with Gasteiger partial charge in [-0.2, -0.15) is 0 Å². The van der Waals surface area contributed by atoms with Gasteiger partial charge in [0.25, 0.3) is 0 Å². The molecule has 0 aliphatic carbocycles. The normalized spacial score (nSPS) is 10.0. The zero-order valence-corrected chi connectivity index (χ0v) is 9.29. The van der Waals surface area contributed by atoms with E-state index in [9.17, 15) is 0 Å². The molecule has 0 N–H and O–H groups in total. The van der Waals surface area contributed by atoms with Crippen molar-refractivity contribution in [1.82, 2.24) is 0 Å². The number of hydrogen-bond donors (Lipinski definition) is 0. The Morgan fingerprint density at radius 2 is 1.93 bits per heavy atom. The monoisotopic (exact) mass is 209 g/mol. The summed E-state index contributed by atoms with van der Waals surface area (Å²) in [4.78, 5) is 0. The number of hydrogen-bond acceptors (Lipinski definition) is 3. The molecule has 0 fully saturated rings. The highest BCUT2D eigenvalue weighted by atomic mass is 16.5. The summed E-state index contributed by atoms with van der Waals surface area (Å²) in [5.74, 6) is 1.50. The van der Waals surface area contributed by atoms with Crippen molar-refractivity contribution >= 4 is 0 Å². The Morgan fingerprint density at radius 1 is 1.13 bits per heavy atom. The Morgan fingerprint density at radius 3 is 2.67 bits per heavy atom. The van der Waals surface area contributed by atoms with Gasteiger partial charge in [-0.15, -0.1) is 0 Å². The minimum absolute atomic E-state index is 0.531. The van der Waals surface area contributed by atoms with Crippen LogP contribution in [0.3, 0.4) is 0 Å². The van der Waals surface area contributed by atoms with Crippen molar-refractivity contribution in [3.05, 3.63) is 24.3 Å². The lowest BCUT2D eigenvalue weighted by atomic mass is 10.3. The molecule has 83 valence electrons. The maximum absolute atomic E-state index is 5.52. The minimum Gasteiger partial charge on any atom is -0.490 e. The highest BCUT2D eigenvalue weighted by molar-refractivity contribution is 5.38. The number of ether oxygens (including phenoxy) is 3. The molecule has 0 aliphatic heterocycles. The van der Waals surface area contributed by atoms with Gasteiger partial charge in [0.2, 0.25) is 0 Å². The number of benzene rings is 1. The van der Waals surface area contributed by atoms with Gasteiger partial charge in [-0.3, -0.25) is 0 Å². The van der Waals surface area contributed by atoms with E-state index in [1.54, 1.807) is 19.2 Å². The molecule has 1 aromatic carbocycles. The smallest absolute Gasteiger partial charge is 0.161 e. The van der Waals surface area contributed by atoms with Gasteiger partial charge in [0.15, 0.2) is 11.5 Å². The van der Waals surface area contributed by atoms with Gasteiger partial charge in [-0.1, -0.05) is 13.0 Å². The molecule has 1 rings (SSSR count). The Kier molecular flexibility index (Phi) is 5.63. The van der Waals surface area contributed by atoms with Gasteiger partial charge in [-0.05, 0) is 24.6 Å². The third kappa shape index (κ3) is 4.21. The average Bonchev–Trinajstić information content (AvgIpc) is 2.28. The first-order valence-electron chi connectivity index (χ1n) is 5.13. The Hall–Kier alpha value is -1.22. The molecule has 1 aromatic rings. The first-order chi connectivity index (χ1) is 7.38. The Bertz CT molecular complexity index is 273. The molecule has 0 spiro atoms. The quantitative estimate of drug-likeness (QED) is 0.645. The van der Waals surface area contributed by atoms with E-state index in [0.717, 1.165) is 17.9 Å². The summed E-state index contributed by atoms with van der Waals surface area (Å²) in [6, 6.07) is 8.41. The van der Waals surface area contributed by atoms with Crippen LogP contribution in [0, 0.1) is 6.07 Å². The minimum atomic E-state index is 0.531. The average molecular weight is 209 g/mol. The topological polar surface area (TPSA) is 27.7 Å². The fourth-order valence-electron chi connectivity index (χ4n) is 1.08. The molecular weight excluding hydrogens is 192 g/mol. The predicted octanol–water partition coefficient (Wildman–Crippen LogP) is 2.30. The van der Waals surface area contributed by atoms with Crippen LogP contribution in [0.15, 0.2) is 18.2 Å². The predicted molar refractivity (Wildman–Crippen MR) is 58.4 cm³/mol. The van der Waals surface area contributed by atoms with Crippen molar-refractivity contribution in [2.45, 2.75) is 13.3 Å². The second kappa shape index (κ2) is 7.12. The van der Waals surface area contributed by atoms with Crippen LogP contribution >= 0.6 is 0 Å². The number of methoxy groups -OCH3 is 1. The lowest BCUT2D eigenvalue weighted by Gasteiger charge is -2.11. The second-order valence-electron chi connectivity index (χ2n) is 3.06. The van der Waals surface area contributed by atoms with Gasteiger partial charge in [0.05, 0.1) is 13.2 Å². The summed E-state index contributed by atoms with van der Waals surface area (Å²) < 4.78 is 15.9. The lowest BCUT2D eigenvalue weighted by Crippen LogP contribution is -2.06. The van der Waals surface area contributed by atoms with E-state index in [1.807, 2.05) is 6.07 Å². The van der Waals surface area contributed by atoms with Crippen molar-refractivity contribution in [2.75, 3.05) is 26.9 Å². The fraction of sp³-hybridized carbons (Fsp3) is 0.500. The van der Waals surface area contributed by atoms with Gasteiger partial charge >= 0.3 is 0 Å². The van der Waals surface area contributed by atoms with Crippen LogP contribution in [0.2, 0.25) is 0 Å². The fourth-order valence-corrected chi connectivity index (χ4v) is 1.08. The standard InChI is InChI=1S/C12H17O3/c1-3-8-14-11-6-4-5-7-12(11)15-10-9-13-2/h5-7H,3,8-10H2,1-2H3. The first-order valence-corrected chi connectivity index (χ1v) is 5.13. The maximum Gasteiger partial charge on any atom is 0.161 e. The summed E-state index contributed by atoms with van der Waals surface area (Å²) >= 11 is 0. The molecule has 0 unspecified atom stereocenters. The molecule has 0 saturated carbocycles. The van der Waals surface area contributed by atoms with E-state index >= 15 is 0 Å². The van der Waals surface area contributed by atoms with E-state index in [2.05, 4.69) is 13.0 Å². The van der Waals surface area contributed by atoms with E-state index in [-0.39, 0.29) is 0 Å². The molecule has 15 heavy (non-hydrogen) atoms. The SMILES string of the molecule is CCCOc1c[c]ccc1OCCOC. The van der Waals surface area contributed by atoms with Crippen LogP contribution in [-0.2, 0) is 4.74 Å². The summed E-state index contributed by atoms with van der Waals surface area (Å²) in [6.45, 7) is 3.87. The maximum atomic E-state index is 5.52. The highest BCUT2D eigenvalue weighted by Crippen LogP contribution is 2.26. The van der Waals surface area contributed by atoms with Crippen LogP contribution < -0.4 is 9.47 Å². The first kappa shape index (κ1) is 11.9. The molecule has 0 amide bonds. The van der Waals surface area contributed by atoms with Crippen molar-refractivity contribution in [2.24, 2.45) is 0 Å². The molecular formula is C12H17O3. The third-order valence-electron chi connectivity index (χ3n) is 1.79. The molecule has 0 saturated heterocycles. The highest BCUT2D eigenvalue weighted by Gasteiger charge is 2.02. The summed E-state index contributed by atoms with van der Waals surface area (Å²) in [5, 5.41) is 0. The molecule has 0 atom stereocenters. The molecule has 0 heterocycles. The van der Waals surface area contributed by atoms with Crippen molar-refractivity contribution in [1.29, 1.82) is 0 Å². The van der Waals surface area contributed by atoms with Crippen LogP contribution in [0.25, 0.3) is 0 Å². The van der Waals surface area contributed by atoms with E-state index in [1.165, 1.54) is 0 Å². The van der Waals surface area contributed by atoms with Gasteiger partial charge < -0.3 is 14.2 Å². The number of rotatable bonds is 7. The molecule has 1 radical (unpaired) electrons. The van der Waals surface area contributed by atoms with Crippen molar-refractivity contribution in [3.8, 4) is 11.5 Å². The Labute approximate surface area is 91.0 Å². The zero-order valence-electron chi connectivity index (χ0n) is 9.29. The molecule has 0 bridgehead atoms. The zero-order chi connectivity index (χ0) is 10.9. The molecule has 3 nitrogen and oxygen atoms in total. The van der Waals surface area contributed by atoms with Crippen LogP contribution in [0.4, 0.5) is 0 Å². The van der Waals surface area contributed by atoms with Crippen molar-refractivity contribution < 1.29 is 14.2 Å². The largest absolute Gasteiger partial charge is 0.490 e. The summed E-state index contributed by atoms with van der Waals surface area (Å²) in [7, 11) is 1.65. The van der Waals surface area contributed by atoms with Crippen LogP contribution in [0.5, 0.6) is 11.5 Å². The van der Waals surface area contributed by atoms with Crippen molar-refractivity contribution in [3.63, 3.8) is 0 Å². The summed E-state index contributed by atoms with van der Waals surface area (Å²) in [6.07, 6.45) is 0.979. The molecule has 3 heteroatoms. The summed E-state index contributed by atoms with van der Waals surface area (Å²) in [5.41, 5.74) is 0. The molecule has 0 aromatic heterocycles. The van der Waals surface area contributed by atoms with E-state index in [0.29, 0.717) is 19.8 Å². The van der Waals surface area contributed by atoms with E-state index < -0.39 is 0 Å². The Balaban J connectivity index is 2.52. The van der Waals surface area contributed by atoms with Crippen LogP contribution in [0.1, 0.15) is 13.3 Å².